The van der Waals surface area contributed by atoms with Crippen LogP contribution in [-0.4, -0.2) is 12.3 Å². The van der Waals surface area contributed by atoms with E-state index in [4.69, 9.17) is 0 Å². The van der Waals surface area contributed by atoms with Crippen LogP contribution in [0.5, 0.6) is 0 Å². The van der Waals surface area contributed by atoms with E-state index in [0.717, 1.165) is 6.07 Å². The summed E-state index contributed by atoms with van der Waals surface area (Å²) in [6.45, 7) is 3.34. The summed E-state index contributed by atoms with van der Waals surface area (Å²) in [5.41, 5.74) is -0.0341. The zero-order chi connectivity index (χ0) is 10.8. The van der Waals surface area contributed by atoms with Crippen LogP contribution in [-0.2, 0) is 12.6 Å². The third-order valence-corrected chi connectivity index (χ3v) is 1.96. The lowest BCUT2D eigenvalue weighted by Gasteiger charge is -2.11. The highest BCUT2D eigenvalue weighted by Gasteiger charge is 2.33. The minimum absolute atomic E-state index is 0.100. The zero-order valence-electron chi connectivity index (χ0n) is 8.02. The summed E-state index contributed by atoms with van der Waals surface area (Å²) >= 11 is 0. The molecule has 1 heterocycles. The zero-order valence-corrected chi connectivity index (χ0v) is 8.02. The first-order valence-electron chi connectivity index (χ1n) is 4.34. The molecule has 1 aromatic heterocycles. The molecule has 1 nitrogen and oxygen atoms in total. The molecule has 1 radical (unpaired) electrons. The fraction of sp³-hybridized carbons (Fsp3) is 0.444. The van der Waals surface area contributed by atoms with E-state index in [2.05, 4.69) is 4.98 Å². The SMILES string of the molecule is C[B]c1cnc(CC)c(C(F)(F)F)c1. The van der Waals surface area contributed by atoms with E-state index in [-0.39, 0.29) is 5.69 Å². The molecule has 0 saturated carbocycles. The molecule has 0 amide bonds. The van der Waals surface area contributed by atoms with Gasteiger partial charge in [0.25, 0.3) is 0 Å². The maximum Gasteiger partial charge on any atom is 0.418 e. The molecule has 0 aromatic carbocycles. The van der Waals surface area contributed by atoms with Gasteiger partial charge in [0.15, 0.2) is 0 Å². The van der Waals surface area contributed by atoms with Crippen LogP contribution in [0.25, 0.3) is 0 Å². The van der Waals surface area contributed by atoms with E-state index in [1.54, 1.807) is 21.0 Å². The first kappa shape index (κ1) is 11.1. The molecule has 1 rings (SSSR count). The Morgan fingerprint density at radius 3 is 2.50 bits per heavy atom. The van der Waals surface area contributed by atoms with Crippen LogP contribution >= 0.6 is 0 Å². The Hall–Kier alpha value is -0.995. The van der Waals surface area contributed by atoms with Gasteiger partial charge in [0.1, 0.15) is 7.28 Å². The molecule has 0 aliphatic heterocycles. The summed E-state index contributed by atoms with van der Waals surface area (Å²) in [5.74, 6) is 0. The fourth-order valence-electron chi connectivity index (χ4n) is 1.19. The molecule has 0 bridgehead atoms. The van der Waals surface area contributed by atoms with Gasteiger partial charge in [0.05, 0.1) is 11.3 Å². The lowest BCUT2D eigenvalue weighted by molar-refractivity contribution is -0.138. The van der Waals surface area contributed by atoms with Gasteiger partial charge in [-0.25, -0.2) is 0 Å². The molecular formula is C9H10BF3N. The molecule has 0 aliphatic rings. The standard InChI is InChI=1S/C9H10BF3N/c1-3-8-7(9(11,12)13)4-6(10-2)5-14-8/h4-5H,3H2,1-2H3. The molecule has 0 atom stereocenters. The Balaban J connectivity index is 3.22. The van der Waals surface area contributed by atoms with Crippen LogP contribution in [0.1, 0.15) is 18.2 Å². The van der Waals surface area contributed by atoms with Gasteiger partial charge < -0.3 is 0 Å². The van der Waals surface area contributed by atoms with Gasteiger partial charge in [-0.3, -0.25) is 4.98 Å². The van der Waals surface area contributed by atoms with Crippen molar-refractivity contribution < 1.29 is 13.2 Å². The predicted molar refractivity (Wildman–Crippen MR) is 49.9 cm³/mol. The third-order valence-electron chi connectivity index (χ3n) is 1.96. The van der Waals surface area contributed by atoms with Crippen LogP contribution in [0, 0.1) is 0 Å². The van der Waals surface area contributed by atoms with Gasteiger partial charge in [-0.05, 0) is 6.42 Å². The number of halogens is 3. The fourth-order valence-corrected chi connectivity index (χ4v) is 1.19. The lowest BCUT2D eigenvalue weighted by atomic mass is 9.74. The molecule has 0 spiro atoms. The van der Waals surface area contributed by atoms with Crippen LogP contribution in [0.4, 0.5) is 13.2 Å². The summed E-state index contributed by atoms with van der Waals surface area (Å²) < 4.78 is 37.5. The Morgan fingerprint density at radius 2 is 2.07 bits per heavy atom. The van der Waals surface area contributed by atoms with Gasteiger partial charge in [-0.1, -0.05) is 25.3 Å². The van der Waals surface area contributed by atoms with E-state index < -0.39 is 11.7 Å². The number of hydrogen-bond acceptors (Lipinski definition) is 1. The lowest BCUT2D eigenvalue weighted by Crippen LogP contribution is -2.19. The molecule has 14 heavy (non-hydrogen) atoms. The highest BCUT2D eigenvalue weighted by atomic mass is 19.4. The molecule has 1 aromatic rings. The number of aromatic nitrogens is 1. The molecule has 75 valence electrons. The Bertz CT molecular complexity index is 322. The van der Waals surface area contributed by atoms with Crippen LogP contribution in [0.3, 0.4) is 0 Å². The highest BCUT2D eigenvalue weighted by Crippen LogP contribution is 2.30. The van der Waals surface area contributed by atoms with Crippen molar-refractivity contribution in [2.75, 3.05) is 0 Å². The summed E-state index contributed by atoms with van der Waals surface area (Å²) in [6.07, 6.45) is -2.57. The van der Waals surface area contributed by atoms with E-state index in [1.165, 1.54) is 6.20 Å². The average molecular weight is 200 g/mol. The van der Waals surface area contributed by atoms with E-state index in [1.807, 2.05) is 0 Å². The van der Waals surface area contributed by atoms with E-state index >= 15 is 0 Å². The average Bonchev–Trinajstić information content (AvgIpc) is 2.15. The van der Waals surface area contributed by atoms with Crippen molar-refractivity contribution >= 4 is 12.7 Å². The number of nitrogens with zero attached hydrogens (tertiary/aromatic N) is 1. The second-order valence-electron chi connectivity index (χ2n) is 2.90. The van der Waals surface area contributed by atoms with Crippen molar-refractivity contribution in [3.05, 3.63) is 23.5 Å². The first-order valence-corrected chi connectivity index (χ1v) is 4.34. The Morgan fingerprint density at radius 1 is 1.43 bits per heavy atom. The Labute approximate surface area is 81.6 Å². The molecule has 0 saturated heterocycles. The van der Waals surface area contributed by atoms with Crippen LogP contribution in [0.2, 0.25) is 6.82 Å². The normalized spacial score (nSPS) is 11.5. The number of pyridine rings is 1. The van der Waals surface area contributed by atoms with Crippen molar-refractivity contribution in [3.63, 3.8) is 0 Å². The molecular weight excluding hydrogens is 190 g/mol. The van der Waals surface area contributed by atoms with Gasteiger partial charge in [0.2, 0.25) is 0 Å². The summed E-state index contributed by atoms with van der Waals surface area (Å²) in [4.78, 5) is 3.78. The number of hydrogen-bond donors (Lipinski definition) is 0. The van der Waals surface area contributed by atoms with Gasteiger partial charge >= 0.3 is 6.18 Å². The van der Waals surface area contributed by atoms with Gasteiger partial charge in [-0.15, -0.1) is 0 Å². The van der Waals surface area contributed by atoms with Gasteiger partial charge in [-0.2, -0.15) is 13.2 Å². The highest BCUT2D eigenvalue weighted by molar-refractivity contribution is 6.51. The number of rotatable bonds is 2. The van der Waals surface area contributed by atoms with Crippen molar-refractivity contribution in [1.82, 2.24) is 4.98 Å². The van der Waals surface area contributed by atoms with Crippen molar-refractivity contribution in [2.45, 2.75) is 26.3 Å². The second kappa shape index (κ2) is 4.03. The molecule has 0 unspecified atom stereocenters. The summed E-state index contributed by atoms with van der Waals surface area (Å²) in [5, 5.41) is 0. The maximum absolute atomic E-state index is 12.5. The first-order chi connectivity index (χ1) is 6.49. The quantitative estimate of drug-likeness (QED) is 0.665. The smallest absolute Gasteiger partial charge is 0.261 e. The van der Waals surface area contributed by atoms with Crippen molar-refractivity contribution in [1.29, 1.82) is 0 Å². The largest absolute Gasteiger partial charge is 0.418 e. The minimum atomic E-state index is -4.31. The molecule has 0 fully saturated rings. The third kappa shape index (κ3) is 2.27. The topological polar surface area (TPSA) is 12.9 Å². The van der Waals surface area contributed by atoms with E-state index in [9.17, 15) is 13.2 Å². The maximum atomic E-state index is 12.5. The van der Waals surface area contributed by atoms with Crippen LogP contribution < -0.4 is 5.46 Å². The van der Waals surface area contributed by atoms with E-state index in [0.29, 0.717) is 11.9 Å². The summed E-state index contributed by atoms with van der Waals surface area (Å²) in [7, 11) is 1.60. The van der Waals surface area contributed by atoms with Gasteiger partial charge in [0, 0.05) is 6.20 Å². The van der Waals surface area contributed by atoms with Crippen molar-refractivity contribution in [3.8, 4) is 0 Å². The second-order valence-corrected chi connectivity index (χ2v) is 2.90. The number of alkyl halides is 3. The monoisotopic (exact) mass is 200 g/mol. The molecule has 0 N–H and O–H groups in total. The molecule has 5 heteroatoms. The number of aryl methyl sites for hydroxylation is 1. The Kier molecular flexibility index (Phi) is 3.19. The molecule has 0 aliphatic carbocycles. The van der Waals surface area contributed by atoms with Crippen LogP contribution in [0.15, 0.2) is 12.3 Å². The minimum Gasteiger partial charge on any atom is -0.261 e. The predicted octanol–water partition coefficient (Wildman–Crippen LogP) is 2.04. The summed E-state index contributed by atoms with van der Waals surface area (Å²) in [6, 6.07) is 1.13. The van der Waals surface area contributed by atoms with Crippen molar-refractivity contribution in [2.24, 2.45) is 0 Å².